The Kier molecular flexibility index (Phi) is 6.00. The van der Waals surface area contributed by atoms with Crippen LogP contribution in [0.4, 0.5) is 0 Å². The predicted molar refractivity (Wildman–Crippen MR) is 96.4 cm³/mol. The Bertz CT molecular complexity index is 429. The van der Waals surface area contributed by atoms with Crippen molar-refractivity contribution < 1.29 is 9.47 Å². The molecule has 3 fully saturated rings. The maximum Gasteiger partial charge on any atom is 0.193 e. The van der Waals surface area contributed by atoms with Gasteiger partial charge in [-0.05, 0) is 18.3 Å². The minimum Gasteiger partial charge on any atom is -0.381 e. The second kappa shape index (κ2) is 8.02. The van der Waals surface area contributed by atoms with Crippen LogP contribution in [0.15, 0.2) is 4.99 Å². The Labute approximate surface area is 146 Å². The maximum absolute atomic E-state index is 5.66. The summed E-state index contributed by atoms with van der Waals surface area (Å²) in [5.74, 6) is 1.67. The minimum atomic E-state index is 0.389. The van der Waals surface area contributed by atoms with Crippen molar-refractivity contribution in [1.82, 2.24) is 15.1 Å². The molecule has 0 aromatic carbocycles. The quantitative estimate of drug-likeness (QED) is 0.613. The molecule has 24 heavy (non-hydrogen) atoms. The Hall–Kier alpha value is -0.850. The highest BCUT2D eigenvalue weighted by Gasteiger charge is 2.34. The topological polar surface area (TPSA) is 49.3 Å². The number of rotatable bonds is 4. The monoisotopic (exact) mass is 338 g/mol. The fourth-order valence-electron chi connectivity index (χ4n) is 4.18. The van der Waals surface area contributed by atoms with Gasteiger partial charge in [0.05, 0.1) is 19.8 Å². The van der Waals surface area contributed by atoms with Gasteiger partial charge in [-0.15, -0.1) is 0 Å². The van der Waals surface area contributed by atoms with Crippen molar-refractivity contribution in [3.8, 4) is 0 Å². The summed E-state index contributed by atoms with van der Waals surface area (Å²) < 4.78 is 11.2. The molecule has 0 radical (unpaired) electrons. The van der Waals surface area contributed by atoms with E-state index < -0.39 is 0 Å². The van der Waals surface area contributed by atoms with E-state index in [2.05, 4.69) is 34.0 Å². The molecule has 0 amide bonds. The van der Waals surface area contributed by atoms with Crippen LogP contribution in [0.5, 0.6) is 0 Å². The summed E-state index contributed by atoms with van der Waals surface area (Å²) in [4.78, 5) is 9.52. The number of aliphatic imine (C=N–C) groups is 1. The van der Waals surface area contributed by atoms with Crippen molar-refractivity contribution in [2.45, 2.75) is 32.7 Å². The lowest BCUT2D eigenvalue weighted by molar-refractivity contribution is 0.00235. The predicted octanol–water partition coefficient (Wildman–Crippen LogP) is 1.03. The van der Waals surface area contributed by atoms with Gasteiger partial charge in [-0.3, -0.25) is 9.89 Å². The fourth-order valence-corrected chi connectivity index (χ4v) is 4.18. The Morgan fingerprint density at radius 2 is 2.00 bits per heavy atom. The fraction of sp³-hybridized carbons (Fsp3) is 0.944. The van der Waals surface area contributed by atoms with Crippen molar-refractivity contribution in [1.29, 1.82) is 0 Å². The van der Waals surface area contributed by atoms with E-state index in [0.717, 1.165) is 65.1 Å². The van der Waals surface area contributed by atoms with E-state index in [4.69, 9.17) is 9.47 Å². The molecular weight excluding hydrogens is 304 g/mol. The van der Waals surface area contributed by atoms with Crippen LogP contribution in [0.3, 0.4) is 0 Å². The van der Waals surface area contributed by atoms with Crippen LogP contribution in [0, 0.1) is 11.3 Å². The SMILES string of the molecule is CN=C(NCC(C1CCOC1)N1CCOCC1)N1CCC(C)(C)C1. The van der Waals surface area contributed by atoms with Gasteiger partial charge in [-0.1, -0.05) is 13.8 Å². The smallest absolute Gasteiger partial charge is 0.193 e. The van der Waals surface area contributed by atoms with Crippen molar-refractivity contribution >= 4 is 5.96 Å². The number of nitrogens with zero attached hydrogens (tertiary/aromatic N) is 3. The van der Waals surface area contributed by atoms with Crippen LogP contribution >= 0.6 is 0 Å². The first-order valence-corrected chi connectivity index (χ1v) is 9.44. The molecule has 138 valence electrons. The summed E-state index contributed by atoms with van der Waals surface area (Å²) in [6, 6.07) is 0.503. The Morgan fingerprint density at radius 3 is 2.58 bits per heavy atom. The van der Waals surface area contributed by atoms with Crippen molar-refractivity contribution in [2.24, 2.45) is 16.3 Å². The summed E-state index contributed by atoms with van der Waals surface area (Å²) in [6.07, 6.45) is 2.40. The number of likely N-dealkylation sites (tertiary alicyclic amines) is 1. The van der Waals surface area contributed by atoms with Crippen LogP contribution in [0.2, 0.25) is 0 Å². The van der Waals surface area contributed by atoms with Gasteiger partial charge in [-0.25, -0.2) is 0 Å². The lowest BCUT2D eigenvalue weighted by Crippen LogP contribution is -2.54. The van der Waals surface area contributed by atoms with E-state index in [0.29, 0.717) is 17.4 Å². The van der Waals surface area contributed by atoms with Crippen LogP contribution < -0.4 is 5.32 Å². The van der Waals surface area contributed by atoms with Crippen molar-refractivity contribution in [3.05, 3.63) is 0 Å². The van der Waals surface area contributed by atoms with Gasteiger partial charge < -0.3 is 19.7 Å². The lowest BCUT2D eigenvalue weighted by Gasteiger charge is -2.38. The molecule has 3 aliphatic heterocycles. The van der Waals surface area contributed by atoms with Gasteiger partial charge in [0.15, 0.2) is 5.96 Å². The van der Waals surface area contributed by atoms with Crippen LogP contribution in [0.1, 0.15) is 26.7 Å². The molecule has 0 bridgehead atoms. The summed E-state index contributed by atoms with van der Waals surface area (Å²) >= 11 is 0. The molecular formula is C18H34N4O2. The second-order valence-electron chi connectivity index (χ2n) is 8.10. The van der Waals surface area contributed by atoms with Gasteiger partial charge in [-0.2, -0.15) is 0 Å². The maximum atomic E-state index is 5.66. The standard InChI is InChI=1S/C18H34N4O2/c1-18(2)5-6-22(14-18)17(19-3)20-12-16(15-4-9-24-13-15)21-7-10-23-11-8-21/h15-16H,4-14H2,1-3H3,(H,19,20). The average Bonchev–Trinajstić information content (AvgIpc) is 3.22. The van der Waals surface area contributed by atoms with Crippen LogP contribution in [0.25, 0.3) is 0 Å². The van der Waals surface area contributed by atoms with E-state index in [-0.39, 0.29) is 0 Å². The Morgan fingerprint density at radius 1 is 1.21 bits per heavy atom. The minimum absolute atomic E-state index is 0.389. The van der Waals surface area contributed by atoms with Crippen LogP contribution in [-0.4, -0.2) is 88.0 Å². The summed E-state index contributed by atoms with van der Waals surface area (Å²) in [7, 11) is 1.90. The van der Waals surface area contributed by atoms with Crippen LogP contribution in [-0.2, 0) is 9.47 Å². The summed E-state index contributed by atoms with van der Waals surface area (Å²) in [5.41, 5.74) is 0.389. The molecule has 6 nitrogen and oxygen atoms in total. The molecule has 3 rings (SSSR count). The number of ether oxygens (including phenoxy) is 2. The van der Waals surface area contributed by atoms with E-state index in [1.54, 1.807) is 0 Å². The number of hydrogen-bond donors (Lipinski definition) is 1. The average molecular weight is 338 g/mol. The summed E-state index contributed by atoms with van der Waals surface area (Å²) in [6.45, 7) is 13.3. The van der Waals surface area contributed by atoms with Gasteiger partial charge in [0, 0.05) is 58.3 Å². The molecule has 2 atom stereocenters. The number of guanidine groups is 1. The van der Waals surface area contributed by atoms with Gasteiger partial charge in [0.25, 0.3) is 0 Å². The van der Waals surface area contributed by atoms with Gasteiger partial charge >= 0.3 is 0 Å². The zero-order valence-electron chi connectivity index (χ0n) is 15.6. The lowest BCUT2D eigenvalue weighted by atomic mass is 9.93. The first kappa shape index (κ1) is 18.0. The number of hydrogen-bond acceptors (Lipinski definition) is 4. The Balaban J connectivity index is 1.59. The van der Waals surface area contributed by atoms with Crippen molar-refractivity contribution in [2.75, 3.05) is 66.2 Å². The second-order valence-corrected chi connectivity index (χ2v) is 8.10. The normalized spacial score (nSPS) is 29.9. The third-order valence-electron chi connectivity index (χ3n) is 5.68. The zero-order chi connectivity index (χ0) is 17.0. The number of nitrogens with one attached hydrogen (secondary N) is 1. The molecule has 0 spiro atoms. The highest BCUT2D eigenvalue weighted by molar-refractivity contribution is 5.80. The van der Waals surface area contributed by atoms with Crippen molar-refractivity contribution in [3.63, 3.8) is 0 Å². The molecule has 0 aromatic rings. The molecule has 3 heterocycles. The van der Waals surface area contributed by atoms with E-state index in [1.165, 1.54) is 12.8 Å². The largest absolute Gasteiger partial charge is 0.381 e. The molecule has 3 saturated heterocycles. The molecule has 3 aliphatic rings. The van der Waals surface area contributed by atoms with Gasteiger partial charge in [0.2, 0.25) is 0 Å². The molecule has 0 saturated carbocycles. The highest BCUT2D eigenvalue weighted by Crippen LogP contribution is 2.28. The first-order valence-electron chi connectivity index (χ1n) is 9.44. The third kappa shape index (κ3) is 4.41. The summed E-state index contributed by atoms with van der Waals surface area (Å²) in [5, 5.41) is 3.66. The highest BCUT2D eigenvalue weighted by atomic mass is 16.5. The number of morpholine rings is 1. The molecule has 2 unspecified atom stereocenters. The molecule has 1 N–H and O–H groups in total. The first-order chi connectivity index (χ1) is 11.6. The van der Waals surface area contributed by atoms with E-state index in [1.807, 2.05) is 7.05 Å². The molecule has 0 aliphatic carbocycles. The molecule has 6 heteroatoms. The molecule has 0 aromatic heterocycles. The third-order valence-corrected chi connectivity index (χ3v) is 5.68. The van der Waals surface area contributed by atoms with Gasteiger partial charge in [0.1, 0.15) is 0 Å². The van der Waals surface area contributed by atoms with E-state index in [9.17, 15) is 0 Å². The van der Waals surface area contributed by atoms with E-state index >= 15 is 0 Å². The zero-order valence-corrected chi connectivity index (χ0v) is 15.6.